The molecule has 0 saturated heterocycles. The molecule has 8 heavy (non-hydrogen) atoms. The first kappa shape index (κ1) is 5.42. The zero-order valence-corrected chi connectivity index (χ0v) is 4.76. The van der Waals surface area contributed by atoms with Gasteiger partial charge in [0.1, 0.15) is 0 Å². The lowest BCUT2D eigenvalue weighted by Crippen LogP contribution is -1.86. The molecule has 0 aliphatic heterocycles. The monoisotopic (exact) mass is 109 g/mol. The van der Waals surface area contributed by atoms with E-state index in [0.717, 1.165) is 12.2 Å². The molecule has 0 atom stereocenters. The number of hydrogen-bond acceptors (Lipinski definition) is 1. The van der Waals surface area contributed by atoms with Crippen molar-refractivity contribution in [3.05, 3.63) is 30.9 Å². The molecule has 0 aromatic heterocycles. The molecular formula is C7H9O. The first-order chi connectivity index (χ1) is 3.93. The first-order valence-electron chi connectivity index (χ1n) is 2.71. The quantitative estimate of drug-likeness (QED) is 0.524. The van der Waals surface area contributed by atoms with Gasteiger partial charge in [0.15, 0.2) is 0 Å². The smallest absolute Gasteiger partial charge is 0.0997 e. The largest absolute Gasteiger partial charge is 0.498 e. The van der Waals surface area contributed by atoms with E-state index in [1.165, 1.54) is 0 Å². The lowest BCUT2D eigenvalue weighted by atomic mass is 10.4. The van der Waals surface area contributed by atoms with Crippen LogP contribution in [-0.4, -0.2) is 6.61 Å². The van der Waals surface area contributed by atoms with Gasteiger partial charge in [-0.15, -0.1) is 0 Å². The lowest BCUT2D eigenvalue weighted by Gasteiger charge is -1.99. The highest BCUT2D eigenvalue weighted by atomic mass is 16.5. The van der Waals surface area contributed by atoms with Crippen molar-refractivity contribution >= 4 is 0 Å². The molecule has 0 fully saturated rings. The molecule has 0 aromatic rings. The first-order valence-corrected chi connectivity index (χ1v) is 2.71. The third kappa shape index (κ3) is 1.12. The minimum atomic E-state index is 0.535. The Morgan fingerprint density at radius 3 is 3.12 bits per heavy atom. The summed E-state index contributed by atoms with van der Waals surface area (Å²) < 4.78 is 5.09. The minimum Gasteiger partial charge on any atom is -0.498 e. The van der Waals surface area contributed by atoms with Gasteiger partial charge in [0.25, 0.3) is 0 Å². The summed E-state index contributed by atoms with van der Waals surface area (Å²) in [6.45, 7) is 4.09. The fourth-order valence-corrected chi connectivity index (χ4v) is 0.666. The molecule has 1 nitrogen and oxygen atoms in total. The van der Waals surface area contributed by atoms with E-state index in [2.05, 4.69) is 13.0 Å². The third-order valence-corrected chi connectivity index (χ3v) is 1.02. The van der Waals surface area contributed by atoms with E-state index in [9.17, 15) is 0 Å². The molecule has 1 aliphatic carbocycles. The van der Waals surface area contributed by atoms with Crippen LogP contribution in [0.25, 0.3) is 0 Å². The summed E-state index contributed by atoms with van der Waals surface area (Å²) in [6.07, 6.45) is 6.96. The average Bonchev–Trinajstić information content (AvgIpc) is 2.19. The van der Waals surface area contributed by atoms with E-state index in [-0.39, 0.29) is 0 Å². The Bertz CT molecular complexity index is 122. The van der Waals surface area contributed by atoms with Crippen molar-refractivity contribution in [3.63, 3.8) is 0 Å². The summed E-state index contributed by atoms with van der Waals surface area (Å²) in [7, 11) is 0. The van der Waals surface area contributed by atoms with Gasteiger partial charge in [-0.05, 0) is 13.0 Å². The van der Waals surface area contributed by atoms with Crippen molar-refractivity contribution in [1.29, 1.82) is 0 Å². The van der Waals surface area contributed by atoms with Gasteiger partial charge in [-0.3, -0.25) is 0 Å². The van der Waals surface area contributed by atoms with Crippen LogP contribution in [-0.2, 0) is 4.74 Å². The fourth-order valence-electron chi connectivity index (χ4n) is 0.666. The Morgan fingerprint density at radius 1 is 1.75 bits per heavy atom. The van der Waals surface area contributed by atoms with E-state index < -0.39 is 0 Å². The molecule has 1 heteroatoms. The topological polar surface area (TPSA) is 9.23 Å². The Kier molecular flexibility index (Phi) is 1.73. The second-order valence-electron chi connectivity index (χ2n) is 1.61. The van der Waals surface area contributed by atoms with Gasteiger partial charge in [0.05, 0.1) is 12.4 Å². The summed E-state index contributed by atoms with van der Waals surface area (Å²) >= 11 is 0. The highest BCUT2D eigenvalue weighted by molar-refractivity contribution is 5.18. The number of rotatable bonds is 2. The highest BCUT2D eigenvalue weighted by Crippen LogP contribution is 2.10. The molecule has 0 spiro atoms. The fraction of sp³-hybridized carbons (Fsp3) is 0.286. The number of ether oxygens (including phenoxy) is 1. The van der Waals surface area contributed by atoms with Crippen molar-refractivity contribution < 1.29 is 4.74 Å². The van der Waals surface area contributed by atoms with E-state index in [0.29, 0.717) is 6.61 Å². The van der Waals surface area contributed by atoms with Gasteiger partial charge in [-0.2, -0.15) is 0 Å². The third-order valence-electron chi connectivity index (χ3n) is 1.02. The van der Waals surface area contributed by atoms with Crippen molar-refractivity contribution in [2.45, 2.75) is 6.42 Å². The molecule has 0 aromatic carbocycles. The van der Waals surface area contributed by atoms with Crippen LogP contribution in [0.15, 0.2) is 24.0 Å². The molecule has 0 unspecified atom stereocenters. The molecule has 43 valence electrons. The maximum Gasteiger partial charge on any atom is 0.0997 e. The van der Waals surface area contributed by atoms with Crippen LogP contribution in [0.2, 0.25) is 0 Å². The van der Waals surface area contributed by atoms with Crippen LogP contribution in [0.5, 0.6) is 0 Å². The van der Waals surface area contributed by atoms with Gasteiger partial charge >= 0.3 is 0 Å². The van der Waals surface area contributed by atoms with Gasteiger partial charge in [-0.1, -0.05) is 12.2 Å². The zero-order chi connectivity index (χ0) is 5.82. The van der Waals surface area contributed by atoms with E-state index in [1.807, 2.05) is 12.2 Å². The van der Waals surface area contributed by atoms with E-state index in [4.69, 9.17) is 4.74 Å². The molecule has 1 rings (SSSR count). The van der Waals surface area contributed by atoms with Gasteiger partial charge in [0.2, 0.25) is 0 Å². The van der Waals surface area contributed by atoms with Crippen molar-refractivity contribution in [2.75, 3.05) is 6.61 Å². The summed E-state index contributed by atoms with van der Waals surface area (Å²) in [5, 5.41) is 0. The Hall–Kier alpha value is -0.720. The van der Waals surface area contributed by atoms with Crippen LogP contribution < -0.4 is 0 Å². The zero-order valence-electron chi connectivity index (χ0n) is 4.76. The molecule has 0 saturated carbocycles. The second kappa shape index (κ2) is 2.55. The second-order valence-corrected chi connectivity index (χ2v) is 1.61. The Labute approximate surface area is 49.7 Å². The van der Waals surface area contributed by atoms with E-state index >= 15 is 0 Å². The van der Waals surface area contributed by atoms with E-state index in [1.54, 1.807) is 0 Å². The van der Waals surface area contributed by atoms with Gasteiger partial charge < -0.3 is 4.74 Å². The molecule has 0 heterocycles. The maximum atomic E-state index is 5.09. The molecule has 1 radical (unpaired) electrons. The molecule has 1 aliphatic rings. The SMILES string of the molecule is [CH2]COC1=CC=CC1. The van der Waals surface area contributed by atoms with Crippen molar-refractivity contribution in [1.82, 2.24) is 0 Å². The highest BCUT2D eigenvalue weighted by Gasteiger charge is 1.95. The Balaban J connectivity index is 2.28. The number of allylic oxidation sites excluding steroid dienone is 3. The molecular weight excluding hydrogens is 100 g/mol. The summed E-state index contributed by atoms with van der Waals surface area (Å²) in [4.78, 5) is 0. The molecule has 0 N–H and O–H groups in total. The van der Waals surface area contributed by atoms with Crippen LogP contribution in [0.1, 0.15) is 6.42 Å². The van der Waals surface area contributed by atoms with Crippen molar-refractivity contribution in [3.8, 4) is 0 Å². The average molecular weight is 109 g/mol. The predicted octanol–water partition coefficient (Wildman–Crippen LogP) is 1.68. The van der Waals surface area contributed by atoms with Crippen LogP contribution >= 0.6 is 0 Å². The minimum absolute atomic E-state index is 0.535. The van der Waals surface area contributed by atoms with Crippen LogP contribution in [0.4, 0.5) is 0 Å². The molecule has 0 bridgehead atoms. The summed E-state index contributed by atoms with van der Waals surface area (Å²) in [5.41, 5.74) is 0. The normalized spacial score (nSPS) is 16.4. The standard InChI is InChI=1S/C7H9O/c1-2-8-7-5-3-4-6-7/h3-5H,1-2,6H2. The molecule has 0 amide bonds. The lowest BCUT2D eigenvalue weighted by molar-refractivity contribution is 0.242. The summed E-state index contributed by atoms with van der Waals surface area (Å²) in [6, 6.07) is 0. The maximum absolute atomic E-state index is 5.09. The van der Waals surface area contributed by atoms with Gasteiger partial charge in [0, 0.05) is 6.42 Å². The van der Waals surface area contributed by atoms with Gasteiger partial charge in [-0.25, -0.2) is 0 Å². The Morgan fingerprint density at radius 2 is 2.62 bits per heavy atom. The van der Waals surface area contributed by atoms with Crippen LogP contribution in [0, 0.1) is 6.92 Å². The summed E-state index contributed by atoms with van der Waals surface area (Å²) in [5.74, 6) is 1.03. The van der Waals surface area contributed by atoms with Crippen LogP contribution in [0.3, 0.4) is 0 Å². The van der Waals surface area contributed by atoms with Crippen molar-refractivity contribution in [2.24, 2.45) is 0 Å². The number of hydrogen-bond donors (Lipinski definition) is 0. The predicted molar refractivity (Wildman–Crippen MR) is 33.1 cm³/mol.